The molecule has 0 amide bonds. The summed E-state index contributed by atoms with van der Waals surface area (Å²) in [6.45, 7) is -0.314. The molecule has 15 heavy (non-hydrogen) atoms. The summed E-state index contributed by atoms with van der Waals surface area (Å²) in [4.78, 5) is 2.63. The van der Waals surface area contributed by atoms with E-state index in [0.29, 0.717) is 11.3 Å². The van der Waals surface area contributed by atoms with Crippen molar-refractivity contribution in [1.82, 2.24) is 0 Å². The maximum atomic E-state index is 9.21. The molecular formula is C9H11N3O3. The quantitative estimate of drug-likeness (QED) is 0.448. The van der Waals surface area contributed by atoms with Crippen LogP contribution in [-0.4, -0.2) is 23.9 Å². The van der Waals surface area contributed by atoms with Crippen molar-refractivity contribution in [2.45, 2.75) is 6.04 Å². The van der Waals surface area contributed by atoms with Crippen molar-refractivity contribution in [3.05, 3.63) is 34.2 Å². The topological polar surface area (TPSA) is 98.5 Å². The molecule has 2 N–H and O–H groups in total. The Morgan fingerprint density at radius 3 is 2.87 bits per heavy atom. The zero-order chi connectivity index (χ0) is 11.3. The van der Waals surface area contributed by atoms with Crippen LogP contribution in [0.3, 0.4) is 0 Å². The van der Waals surface area contributed by atoms with Gasteiger partial charge >= 0.3 is 0 Å². The van der Waals surface area contributed by atoms with Gasteiger partial charge in [-0.3, -0.25) is 0 Å². The number of aliphatic hydroxyl groups excluding tert-OH is 1. The minimum absolute atomic E-state index is 0.0493. The first kappa shape index (κ1) is 11.2. The van der Waals surface area contributed by atoms with Crippen LogP contribution in [0.2, 0.25) is 0 Å². The predicted octanol–water partition coefficient (Wildman–Crippen LogP) is 1.74. The Kier molecular flexibility index (Phi) is 3.79. The molecular weight excluding hydrogens is 198 g/mol. The molecule has 6 nitrogen and oxygen atoms in total. The van der Waals surface area contributed by atoms with Crippen LogP contribution in [0.25, 0.3) is 10.4 Å². The van der Waals surface area contributed by atoms with Crippen molar-refractivity contribution >= 4 is 0 Å². The van der Waals surface area contributed by atoms with Gasteiger partial charge in [0.1, 0.15) is 11.5 Å². The number of azide groups is 1. The van der Waals surface area contributed by atoms with Gasteiger partial charge in [-0.15, -0.1) is 0 Å². The maximum absolute atomic E-state index is 9.21. The average molecular weight is 209 g/mol. The standard InChI is InChI=1S/C9H11N3O3/c1-15-9-4-6(14)2-3-7(9)8(5-13)11-12-10/h2-4,8,13-14H,5H2,1H3. The van der Waals surface area contributed by atoms with E-state index in [1.807, 2.05) is 0 Å². The summed E-state index contributed by atoms with van der Waals surface area (Å²) in [5, 5.41) is 21.6. The number of hydrogen-bond donors (Lipinski definition) is 2. The van der Waals surface area contributed by atoms with Crippen molar-refractivity contribution < 1.29 is 14.9 Å². The smallest absolute Gasteiger partial charge is 0.126 e. The number of methoxy groups -OCH3 is 1. The highest BCUT2D eigenvalue weighted by Gasteiger charge is 2.14. The van der Waals surface area contributed by atoms with Gasteiger partial charge in [-0.1, -0.05) is 11.2 Å². The van der Waals surface area contributed by atoms with Crippen LogP contribution in [-0.2, 0) is 0 Å². The molecule has 1 atom stereocenters. The summed E-state index contributed by atoms with van der Waals surface area (Å²) in [6, 6.07) is 3.67. The third-order valence-corrected chi connectivity index (χ3v) is 1.94. The molecule has 6 heteroatoms. The molecule has 0 bridgehead atoms. The number of nitrogens with zero attached hydrogens (tertiary/aromatic N) is 3. The second-order valence-corrected chi connectivity index (χ2v) is 2.83. The first-order chi connectivity index (χ1) is 7.22. The van der Waals surface area contributed by atoms with Crippen LogP contribution in [0.4, 0.5) is 0 Å². The van der Waals surface area contributed by atoms with E-state index in [2.05, 4.69) is 10.0 Å². The zero-order valence-corrected chi connectivity index (χ0v) is 8.16. The lowest BCUT2D eigenvalue weighted by molar-refractivity contribution is 0.264. The summed E-state index contributed by atoms with van der Waals surface area (Å²) in [6.07, 6.45) is 0. The Morgan fingerprint density at radius 1 is 1.60 bits per heavy atom. The molecule has 0 aliphatic rings. The van der Waals surface area contributed by atoms with Crippen molar-refractivity contribution in [2.75, 3.05) is 13.7 Å². The fourth-order valence-electron chi connectivity index (χ4n) is 1.23. The molecule has 1 rings (SSSR count). The van der Waals surface area contributed by atoms with Gasteiger partial charge in [-0.25, -0.2) is 0 Å². The van der Waals surface area contributed by atoms with E-state index in [-0.39, 0.29) is 12.4 Å². The molecule has 0 saturated carbocycles. The molecule has 0 radical (unpaired) electrons. The zero-order valence-electron chi connectivity index (χ0n) is 8.16. The third-order valence-electron chi connectivity index (χ3n) is 1.94. The highest BCUT2D eigenvalue weighted by Crippen LogP contribution is 2.30. The fourth-order valence-corrected chi connectivity index (χ4v) is 1.23. The number of ether oxygens (including phenoxy) is 1. The van der Waals surface area contributed by atoms with Gasteiger partial charge in [-0.2, -0.15) is 0 Å². The monoisotopic (exact) mass is 209 g/mol. The first-order valence-corrected chi connectivity index (χ1v) is 4.25. The third kappa shape index (κ3) is 2.52. The van der Waals surface area contributed by atoms with E-state index >= 15 is 0 Å². The molecule has 0 aliphatic carbocycles. The minimum atomic E-state index is -0.703. The lowest BCUT2D eigenvalue weighted by Crippen LogP contribution is -2.02. The predicted molar refractivity (Wildman–Crippen MR) is 53.6 cm³/mol. The Labute approximate surface area is 86.4 Å². The largest absolute Gasteiger partial charge is 0.508 e. The van der Waals surface area contributed by atoms with Crippen molar-refractivity contribution in [3.63, 3.8) is 0 Å². The maximum Gasteiger partial charge on any atom is 0.126 e. The molecule has 0 fully saturated rings. The van der Waals surface area contributed by atoms with Crippen molar-refractivity contribution in [1.29, 1.82) is 0 Å². The van der Waals surface area contributed by atoms with Crippen LogP contribution in [0.1, 0.15) is 11.6 Å². The van der Waals surface area contributed by atoms with E-state index in [4.69, 9.17) is 15.4 Å². The lowest BCUT2D eigenvalue weighted by atomic mass is 10.1. The van der Waals surface area contributed by atoms with E-state index in [0.717, 1.165) is 0 Å². The van der Waals surface area contributed by atoms with Gasteiger partial charge in [0.05, 0.1) is 19.8 Å². The number of phenolic OH excluding ortho intramolecular Hbond substituents is 1. The van der Waals surface area contributed by atoms with Gasteiger partial charge in [0.2, 0.25) is 0 Å². The van der Waals surface area contributed by atoms with Gasteiger partial charge < -0.3 is 14.9 Å². The molecule has 0 heterocycles. The van der Waals surface area contributed by atoms with Gasteiger partial charge in [-0.05, 0) is 11.6 Å². The molecule has 80 valence electrons. The van der Waals surface area contributed by atoms with Gasteiger partial charge in [0.25, 0.3) is 0 Å². The molecule has 1 unspecified atom stereocenters. The highest BCUT2D eigenvalue weighted by molar-refractivity contribution is 5.42. The molecule has 0 aromatic heterocycles. The molecule has 0 spiro atoms. The van der Waals surface area contributed by atoms with Gasteiger partial charge in [0, 0.05) is 16.5 Å². The van der Waals surface area contributed by atoms with Gasteiger partial charge in [0.15, 0.2) is 0 Å². The normalized spacial score (nSPS) is 11.6. The Balaban J connectivity index is 3.16. The molecule has 0 saturated heterocycles. The Bertz CT molecular complexity index is 388. The van der Waals surface area contributed by atoms with Crippen molar-refractivity contribution in [2.24, 2.45) is 5.11 Å². The minimum Gasteiger partial charge on any atom is -0.508 e. The average Bonchev–Trinajstić information content (AvgIpc) is 2.26. The van der Waals surface area contributed by atoms with E-state index in [1.165, 1.54) is 19.2 Å². The SMILES string of the molecule is COc1cc(O)ccc1C(CO)N=[N+]=[N-]. The van der Waals surface area contributed by atoms with E-state index in [9.17, 15) is 5.11 Å². The van der Waals surface area contributed by atoms with E-state index < -0.39 is 6.04 Å². The van der Waals surface area contributed by atoms with Crippen LogP contribution >= 0.6 is 0 Å². The number of benzene rings is 1. The molecule has 1 aromatic carbocycles. The summed E-state index contributed by atoms with van der Waals surface area (Å²) in [5.41, 5.74) is 8.84. The van der Waals surface area contributed by atoms with Crippen LogP contribution in [0.5, 0.6) is 11.5 Å². The summed E-state index contributed by atoms with van der Waals surface area (Å²) in [5.74, 6) is 0.426. The number of hydrogen-bond acceptors (Lipinski definition) is 4. The van der Waals surface area contributed by atoms with Crippen LogP contribution < -0.4 is 4.74 Å². The highest BCUT2D eigenvalue weighted by atomic mass is 16.5. The van der Waals surface area contributed by atoms with E-state index in [1.54, 1.807) is 6.07 Å². The van der Waals surface area contributed by atoms with Crippen LogP contribution in [0.15, 0.2) is 23.3 Å². The summed E-state index contributed by atoms with van der Waals surface area (Å²) >= 11 is 0. The Morgan fingerprint density at radius 2 is 2.33 bits per heavy atom. The number of aromatic hydroxyl groups is 1. The number of rotatable bonds is 4. The summed E-state index contributed by atoms with van der Waals surface area (Å²) in [7, 11) is 1.43. The van der Waals surface area contributed by atoms with Crippen LogP contribution in [0, 0.1) is 0 Å². The fraction of sp³-hybridized carbons (Fsp3) is 0.333. The Hall–Kier alpha value is -1.91. The second-order valence-electron chi connectivity index (χ2n) is 2.83. The number of phenols is 1. The number of aliphatic hydroxyl groups is 1. The summed E-state index contributed by atoms with van der Waals surface area (Å²) < 4.78 is 5.00. The van der Waals surface area contributed by atoms with Crippen molar-refractivity contribution in [3.8, 4) is 11.5 Å². The first-order valence-electron chi connectivity index (χ1n) is 4.25. The second kappa shape index (κ2) is 5.09. The molecule has 0 aliphatic heterocycles. The lowest BCUT2D eigenvalue weighted by Gasteiger charge is -2.12. The molecule has 1 aromatic rings.